The molecule has 2 fully saturated rings. The summed E-state index contributed by atoms with van der Waals surface area (Å²) in [6.07, 6.45) is 5.17. The van der Waals surface area contributed by atoms with Gasteiger partial charge in [-0.2, -0.15) is 0 Å². The van der Waals surface area contributed by atoms with Gasteiger partial charge in [0.25, 0.3) is 0 Å². The lowest BCUT2D eigenvalue weighted by Crippen LogP contribution is -2.50. The molecule has 0 radical (unpaired) electrons. The van der Waals surface area contributed by atoms with Crippen molar-refractivity contribution in [2.24, 2.45) is 0 Å². The molecule has 0 amide bonds. The van der Waals surface area contributed by atoms with E-state index in [1.807, 2.05) is 13.0 Å². The van der Waals surface area contributed by atoms with Gasteiger partial charge in [0.1, 0.15) is 5.82 Å². The predicted octanol–water partition coefficient (Wildman–Crippen LogP) is 1.49. The second-order valence-corrected chi connectivity index (χ2v) is 5.31. The molecule has 2 saturated heterocycles. The van der Waals surface area contributed by atoms with E-state index in [2.05, 4.69) is 14.8 Å². The summed E-state index contributed by atoms with van der Waals surface area (Å²) in [6, 6.07) is 2.63. The van der Waals surface area contributed by atoms with Crippen molar-refractivity contribution in [2.45, 2.75) is 25.8 Å². The van der Waals surface area contributed by atoms with Gasteiger partial charge in [-0.05, 0) is 37.9 Å². The zero-order valence-electron chi connectivity index (χ0n) is 10.8. The third-order valence-corrected chi connectivity index (χ3v) is 4.09. The van der Waals surface area contributed by atoms with Crippen molar-refractivity contribution < 1.29 is 4.79 Å². The molecule has 1 aromatic rings. The molecular formula is C14H19N3O. The Bertz CT molecular complexity index is 460. The molecule has 1 aromatic heterocycles. The van der Waals surface area contributed by atoms with Crippen molar-refractivity contribution in [2.75, 3.05) is 31.1 Å². The number of anilines is 1. The van der Waals surface area contributed by atoms with Gasteiger partial charge in [0.15, 0.2) is 6.29 Å². The zero-order chi connectivity index (χ0) is 12.5. The maximum atomic E-state index is 10.7. The number of nitrogens with zero attached hydrogens (tertiary/aromatic N) is 3. The molecule has 1 atom stereocenters. The van der Waals surface area contributed by atoms with Gasteiger partial charge < -0.3 is 4.90 Å². The minimum Gasteiger partial charge on any atom is -0.354 e. The standard InChI is InChI=1S/C14H19N3O/c1-11-7-12(10-18)8-15-14(11)17-6-5-16-4-2-3-13(16)9-17/h7-8,10,13H,2-6,9H2,1H3. The smallest absolute Gasteiger partial charge is 0.151 e. The maximum Gasteiger partial charge on any atom is 0.151 e. The number of hydrogen-bond donors (Lipinski definition) is 0. The van der Waals surface area contributed by atoms with Crippen molar-refractivity contribution >= 4 is 12.1 Å². The monoisotopic (exact) mass is 245 g/mol. The van der Waals surface area contributed by atoms with Crippen molar-refractivity contribution in [3.8, 4) is 0 Å². The first-order valence-electron chi connectivity index (χ1n) is 6.69. The van der Waals surface area contributed by atoms with Gasteiger partial charge >= 0.3 is 0 Å². The van der Waals surface area contributed by atoms with E-state index in [9.17, 15) is 4.79 Å². The Balaban J connectivity index is 1.80. The zero-order valence-corrected chi connectivity index (χ0v) is 10.8. The minimum absolute atomic E-state index is 0.663. The summed E-state index contributed by atoms with van der Waals surface area (Å²) in [5, 5.41) is 0. The molecule has 0 saturated carbocycles. The number of aromatic nitrogens is 1. The van der Waals surface area contributed by atoms with Gasteiger partial charge in [-0.25, -0.2) is 4.98 Å². The maximum absolute atomic E-state index is 10.7. The van der Waals surface area contributed by atoms with E-state index in [-0.39, 0.29) is 0 Å². The van der Waals surface area contributed by atoms with Crippen molar-refractivity contribution in [1.82, 2.24) is 9.88 Å². The fraction of sp³-hybridized carbons (Fsp3) is 0.571. The lowest BCUT2D eigenvalue weighted by molar-refractivity contribution is 0.112. The molecular weight excluding hydrogens is 226 g/mol. The summed E-state index contributed by atoms with van der Waals surface area (Å²) in [5.41, 5.74) is 1.77. The van der Waals surface area contributed by atoms with E-state index in [0.29, 0.717) is 11.6 Å². The van der Waals surface area contributed by atoms with E-state index in [0.717, 1.165) is 37.3 Å². The SMILES string of the molecule is Cc1cc(C=O)cnc1N1CCN2CCCC2C1. The number of carbonyl (C=O) groups is 1. The molecule has 3 heterocycles. The second kappa shape index (κ2) is 4.69. The Morgan fingerprint density at radius 1 is 1.39 bits per heavy atom. The van der Waals surface area contributed by atoms with Gasteiger partial charge in [0.2, 0.25) is 0 Å². The molecule has 2 aliphatic rings. The van der Waals surface area contributed by atoms with E-state index in [1.54, 1.807) is 6.20 Å². The molecule has 3 rings (SSSR count). The summed E-state index contributed by atoms with van der Waals surface area (Å²) in [4.78, 5) is 20.2. The van der Waals surface area contributed by atoms with Crippen LogP contribution < -0.4 is 4.90 Å². The molecule has 0 spiro atoms. The third-order valence-electron chi connectivity index (χ3n) is 4.09. The predicted molar refractivity (Wildman–Crippen MR) is 71.2 cm³/mol. The summed E-state index contributed by atoms with van der Waals surface area (Å²) in [6.45, 7) is 6.56. The number of fused-ring (bicyclic) bond motifs is 1. The molecule has 2 aliphatic heterocycles. The number of rotatable bonds is 2. The lowest BCUT2D eigenvalue weighted by atomic mass is 10.1. The van der Waals surface area contributed by atoms with E-state index in [4.69, 9.17) is 0 Å². The van der Waals surface area contributed by atoms with Crippen LogP contribution in [0.2, 0.25) is 0 Å². The number of aldehydes is 1. The number of pyridine rings is 1. The molecule has 0 bridgehead atoms. The van der Waals surface area contributed by atoms with Gasteiger partial charge in [-0.3, -0.25) is 9.69 Å². The van der Waals surface area contributed by atoms with Crippen LogP contribution in [-0.4, -0.2) is 48.4 Å². The van der Waals surface area contributed by atoms with Crippen LogP contribution in [-0.2, 0) is 0 Å². The average Bonchev–Trinajstić information content (AvgIpc) is 2.85. The largest absolute Gasteiger partial charge is 0.354 e. The van der Waals surface area contributed by atoms with Crippen LogP contribution in [0.25, 0.3) is 0 Å². The Labute approximate surface area is 108 Å². The van der Waals surface area contributed by atoms with Crippen LogP contribution in [0.1, 0.15) is 28.8 Å². The summed E-state index contributed by atoms with van der Waals surface area (Å²) in [5.74, 6) is 1.05. The average molecular weight is 245 g/mol. The van der Waals surface area contributed by atoms with Crippen LogP contribution in [0.3, 0.4) is 0 Å². The molecule has 18 heavy (non-hydrogen) atoms. The fourth-order valence-electron chi connectivity index (χ4n) is 3.17. The number of piperazine rings is 1. The van der Waals surface area contributed by atoms with Crippen LogP contribution in [0.4, 0.5) is 5.82 Å². The van der Waals surface area contributed by atoms with Gasteiger partial charge in [0, 0.05) is 37.4 Å². The Kier molecular flexibility index (Phi) is 3.04. The van der Waals surface area contributed by atoms with Gasteiger partial charge in [-0.1, -0.05) is 0 Å². The van der Waals surface area contributed by atoms with Crippen LogP contribution in [0, 0.1) is 6.92 Å². The van der Waals surface area contributed by atoms with Gasteiger partial charge in [-0.15, -0.1) is 0 Å². The molecule has 4 nitrogen and oxygen atoms in total. The Hall–Kier alpha value is -1.42. The third kappa shape index (κ3) is 2.01. The van der Waals surface area contributed by atoms with E-state index >= 15 is 0 Å². The molecule has 0 N–H and O–H groups in total. The lowest BCUT2D eigenvalue weighted by Gasteiger charge is -2.38. The van der Waals surface area contributed by atoms with Crippen molar-refractivity contribution in [3.63, 3.8) is 0 Å². The summed E-state index contributed by atoms with van der Waals surface area (Å²) < 4.78 is 0. The highest BCUT2D eigenvalue weighted by Crippen LogP contribution is 2.26. The topological polar surface area (TPSA) is 36.4 Å². The first kappa shape index (κ1) is 11.7. The van der Waals surface area contributed by atoms with Crippen LogP contribution in [0.15, 0.2) is 12.3 Å². The molecule has 0 aromatic carbocycles. The Morgan fingerprint density at radius 3 is 3.06 bits per heavy atom. The number of aryl methyl sites for hydroxylation is 1. The van der Waals surface area contributed by atoms with E-state index < -0.39 is 0 Å². The molecule has 4 heteroatoms. The summed E-state index contributed by atoms with van der Waals surface area (Å²) >= 11 is 0. The minimum atomic E-state index is 0.663. The first-order chi connectivity index (χ1) is 8.78. The van der Waals surface area contributed by atoms with Crippen molar-refractivity contribution in [3.05, 3.63) is 23.4 Å². The quantitative estimate of drug-likeness (QED) is 0.740. The van der Waals surface area contributed by atoms with Crippen molar-refractivity contribution in [1.29, 1.82) is 0 Å². The molecule has 0 aliphatic carbocycles. The van der Waals surface area contributed by atoms with Crippen LogP contribution in [0.5, 0.6) is 0 Å². The highest BCUT2D eigenvalue weighted by molar-refractivity contribution is 5.75. The highest BCUT2D eigenvalue weighted by atomic mass is 16.1. The van der Waals surface area contributed by atoms with Crippen LogP contribution >= 0.6 is 0 Å². The molecule has 1 unspecified atom stereocenters. The van der Waals surface area contributed by atoms with Gasteiger partial charge in [0.05, 0.1) is 0 Å². The Morgan fingerprint density at radius 2 is 2.28 bits per heavy atom. The number of hydrogen-bond acceptors (Lipinski definition) is 4. The van der Waals surface area contributed by atoms with E-state index in [1.165, 1.54) is 19.4 Å². The normalized spacial score (nSPS) is 24.1. The summed E-state index contributed by atoms with van der Waals surface area (Å²) in [7, 11) is 0. The number of carbonyl (C=O) groups excluding carboxylic acids is 1. The highest BCUT2D eigenvalue weighted by Gasteiger charge is 2.31. The fourth-order valence-corrected chi connectivity index (χ4v) is 3.17. The first-order valence-corrected chi connectivity index (χ1v) is 6.69. The second-order valence-electron chi connectivity index (χ2n) is 5.31. The molecule has 96 valence electrons.